The first-order chi connectivity index (χ1) is 10.8. The summed E-state index contributed by atoms with van der Waals surface area (Å²) in [6.07, 6.45) is 6.31. The van der Waals surface area contributed by atoms with Gasteiger partial charge in [-0.1, -0.05) is 52.3 Å². The van der Waals surface area contributed by atoms with E-state index in [1.165, 1.54) is 0 Å². The average molecular weight is 316 g/mol. The smallest absolute Gasteiger partial charge is 0.166 e. The molecular weight excluding hydrogens is 284 g/mol. The number of fused-ring (bicyclic) bond motifs is 1. The molecule has 0 saturated carbocycles. The van der Waals surface area contributed by atoms with Gasteiger partial charge in [0.25, 0.3) is 0 Å². The lowest BCUT2D eigenvalue weighted by Crippen LogP contribution is -2.24. The number of carbonyl (C=O) groups excluding carboxylic acids is 2. The van der Waals surface area contributed by atoms with Gasteiger partial charge in [0.1, 0.15) is 0 Å². The second-order valence-corrected chi connectivity index (χ2v) is 8.06. The van der Waals surface area contributed by atoms with E-state index in [1.54, 1.807) is 0 Å². The van der Waals surface area contributed by atoms with E-state index < -0.39 is 0 Å². The summed E-state index contributed by atoms with van der Waals surface area (Å²) in [5.41, 5.74) is 2.86. The van der Waals surface area contributed by atoms with E-state index in [0.29, 0.717) is 6.42 Å². The molecule has 1 aliphatic carbocycles. The molecule has 0 radical (unpaired) electrons. The minimum absolute atomic E-state index is 0. The Morgan fingerprint density at radius 3 is 2.70 bits per heavy atom. The Bertz CT molecular complexity index is 584. The van der Waals surface area contributed by atoms with Crippen molar-refractivity contribution >= 4 is 11.6 Å². The normalized spacial score (nSPS) is 17.9. The zero-order valence-corrected chi connectivity index (χ0v) is 15.1. The molecule has 0 N–H and O–H groups in total. The molecule has 2 heteroatoms. The molecule has 2 rings (SSSR count). The summed E-state index contributed by atoms with van der Waals surface area (Å²) in [6.45, 7) is 8.73. The molecule has 1 aliphatic rings. The molecule has 1 aromatic rings. The van der Waals surface area contributed by atoms with Gasteiger partial charge in [-0.15, -0.1) is 0 Å². The summed E-state index contributed by atoms with van der Waals surface area (Å²) < 4.78 is 0. The highest BCUT2D eigenvalue weighted by Gasteiger charge is 2.29. The van der Waals surface area contributed by atoms with Crippen LogP contribution in [0.2, 0.25) is 0 Å². The number of ketones is 2. The van der Waals surface area contributed by atoms with Gasteiger partial charge in [-0.25, -0.2) is 0 Å². The maximum atomic E-state index is 12.6. The number of rotatable bonds is 6. The Balaban J connectivity index is 0.00000288. The zero-order valence-electron chi connectivity index (χ0n) is 15.1. The average Bonchev–Trinajstić information content (AvgIpc) is 2.48. The van der Waals surface area contributed by atoms with Gasteiger partial charge in [-0.3, -0.25) is 9.59 Å². The van der Waals surface area contributed by atoms with E-state index in [0.717, 1.165) is 55.2 Å². The molecule has 1 atom stereocenters. The molecule has 0 fully saturated rings. The quantitative estimate of drug-likeness (QED) is 0.614. The van der Waals surface area contributed by atoms with Crippen molar-refractivity contribution in [2.75, 3.05) is 0 Å². The summed E-state index contributed by atoms with van der Waals surface area (Å²) in [7, 11) is 0. The number of hydrogen-bond donors (Lipinski definition) is 0. The third kappa shape index (κ3) is 4.53. The van der Waals surface area contributed by atoms with E-state index >= 15 is 0 Å². The SMILES string of the molecule is CCCC1CCc2c(C(=O)CCCC(C)(C)C)cccc2C1=O.[HH]. The first-order valence-corrected chi connectivity index (χ1v) is 9.03. The van der Waals surface area contributed by atoms with Crippen LogP contribution in [0.1, 0.15) is 93.9 Å². The molecule has 0 aliphatic heterocycles. The molecule has 2 nitrogen and oxygen atoms in total. The molecule has 23 heavy (non-hydrogen) atoms. The van der Waals surface area contributed by atoms with Crippen molar-refractivity contribution in [1.29, 1.82) is 0 Å². The van der Waals surface area contributed by atoms with Crippen molar-refractivity contribution in [2.24, 2.45) is 11.3 Å². The van der Waals surface area contributed by atoms with Crippen LogP contribution >= 0.6 is 0 Å². The highest BCUT2D eigenvalue weighted by molar-refractivity contribution is 6.05. The second kappa shape index (κ2) is 7.42. The molecule has 0 spiro atoms. The van der Waals surface area contributed by atoms with Crippen molar-refractivity contribution in [3.8, 4) is 0 Å². The second-order valence-electron chi connectivity index (χ2n) is 8.06. The molecule has 0 amide bonds. The maximum absolute atomic E-state index is 12.6. The highest BCUT2D eigenvalue weighted by Crippen LogP contribution is 2.31. The molecule has 1 unspecified atom stereocenters. The fourth-order valence-electron chi connectivity index (χ4n) is 3.56. The van der Waals surface area contributed by atoms with Crippen LogP contribution in [0.25, 0.3) is 0 Å². The van der Waals surface area contributed by atoms with E-state index in [9.17, 15) is 9.59 Å². The van der Waals surface area contributed by atoms with E-state index in [-0.39, 0.29) is 24.3 Å². The molecule has 128 valence electrons. The third-order valence-electron chi connectivity index (χ3n) is 4.82. The Hall–Kier alpha value is -1.44. The summed E-state index contributed by atoms with van der Waals surface area (Å²) >= 11 is 0. The van der Waals surface area contributed by atoms with Gasteiger partial charge in [-0.2, -0.15) is 0 Å². The predicted molar refractivity (Wildman–Crippen MR) is 97.2 cm³/mol. The predicted octanol–water partition coefficient (Wildman–Crippen LogP) is 5.88. The maximum Gasteiger partial charge on any atom is 0.166 e. The molecule has 1 aromatic carbocycles. The van der Waals surface area contributed by atoms with Crippen LogP contribution in [0.15, 0.2) is 18.2 Å². The summed E-state index contributed by atoms with van der Waals surface area (Å²) in [5.74, 6) is 0.601. The van der Waals surface area contributed by atoms with Gasteiger partial charge in [0, 0.05) is 24.9 Å². The van der Waals surface area contributed by atoms with E-state index in [2.05, 4.69) is 27.7 Å². The van der Waals surface area contributed by atoms with Crippen LogP contribution in [0.3, 0.4) is 0 Å². The Kier molecular flexibility index (Phi) is 5.78. The third-order valence-corrected chi connectivity index (χ3v) is 4.82. The van der Waals surface area contributed by atoms with Gasteiger partial charge in [0.15, 0.2) is 11.6 Å². The van der Waals surface area contributed by atoms with Crippen molar-refractivity contribution in [3.63, 3.8) is 0 Å². The summed E-state index contributed by atoms with van der Waals surface area (Å²) in [4.78, 5) is 25.2. The van der Waals surface area contributed by atoms with Crippen LogP contribution in [0.5, 0.6) is 0 Å². The van der Waals surface area contributed by atoms with Crippen molar-refractivity contribution in [1.82, 2.24) is 0 Å². The van der Waals surface area contributed by atoms with Crippen LogP contribution < -0.4 is 0 Å². The number of carbonyl (C=O) groups is 2. The van der Waals surface area contributed by atoms with Gasteiger partial charge in [-0.05, 0) is 43.1 Å². The first kappa shape index (κ1) is 17.9. The monoisotopic (exact) mass is 316 g/mol. The molecule has 0 bridgehead atoms. The molecular formula is C21H32O2. The van der Waals surface area contributed by atoms with Gasteiger partial charge in [0.05, 0.1) is 0 Å². The van der Waals surface area contributed by atoms with Gasteiger partial charge in [0.2, 0.25) is 0 Å². The lowest BCUT2D eigenvalue weighted by molar-refractivity contribution is 0.0893. The Labute approximate surface area is 142 Å². The van der Waals surface area contributed by atoms with Crippen LogP contribution in [-0.4, -0.2) is 11.6 Å². The number of Topliss-reactive ketones (excluding diaryl/α,β-unsaturated/α-hetero) is 2. The molecule has 0 heterocycles. The van der Waals surface area contributed by atoms with Crippen LogP contribution in [0.4, 0.5) is 0 Å². The highest BCUT2D eigenvalue weighted by atomic mass is 16.1. The summed E-state index contributed by atoms with van der Waals surface area (Å²) in [6, 6.07) is 5.69. The summed E-state index contributed by atoms with van der Waals surface area (Å²) in [5, 5.41) is 0. The first-order valence-electron chi connectivity index (χ1n) is 9.03. The van der Waals surface area contributed by atoms with E-state index in [1.807, 2.05) is 18.2 Å². The molecule has 0 saturated heterocycles. The van der Waals surface area contributed by atoms with Gasteiger partial charge >= 0.3 is 0 Å². The van der Waals surface area contributed by atoms with Crippen LogP contribution in [0, 0.1) is 11.3 Å². The Morgan fingerprint density at radius 1 is 1.30 bits per heavy atom. The van der Waals surface area contributed by atoms with E-state index in [4.69, 9.17) is 0 Å². The van der Waals surface area contributed by atoms with Crippen LogP contribution in [-0.2, 0) is 6.42 Å². The number of hydrogen-bond acceptors (Lipinski definition) is 2. The van der Waals surface area contributed by atoms with Gasteiger partial charge < -0.3 is 0 Å². The lowest BCUT2D eigenvalue weighted by Gasteiger charge is -2.25. The van der Waals surface area contributed by atoms with Crippen molar-refractivity contribution in [2.45, 2.75) is 72.6 Å². The minimum atomic E-state index is 0. The largest absolute Gasteiger partial charge is 0.294 e. The zero-order chi connectivity index (χ0) is 17.0. The lowest BCUT2D eigenvalue weighted by atomic mass is 9.78. The molecule has 0 aromatic heterocycles. The fraction of sp³-hybridized carbons (Fsp3) is 0.619. The van der Waals surface area contributed by atoms with Crippen molar-refractivity contribution < 1.29 is 11.0 Å². The fourth-order valence-corrected chi connectivity index (χ4v) is 3.56. The van der Waals surface area contributed by atoms with Crippen molar-refractivity contribution in [3.05, 3.63) is 34.9 Å². The Morgan fingerprint density at radius 2 is 2.04 bits per heavy atom. The minimum Gasteiger partial charge on any atom is -0.294 e. The standard InChI is InChI=1S/C21H30O2.H2/c1-5-8-15-12-13-16-17(9-6-10-18(16)20(15)23)19(22)11-7-14-21(2,3)4;/h6,9-10,15H,5,7-8,11-14H2,1-4H3;1H. The number of benzene rings is 1. The topological polar surface area (TPSA) is 34.1 Å².